The fraction of sp³-hybridized carbons (Fsp3) is 0.333. The summed E-state index contributed by atoms with van der Waals surface area (Å²) in [5, 5.41) is 11.9. The number of carboxylic acids is 1. The zero-order valence-corrected chi connectivity index (χ0v) is 11.2. The van der Waals surface area contributed by atoms with Crippen LogP contribution in [0.15, 0.2) is 36.4 Å². The van der Waals surface area contributed by atoms with Crippen molar-refractivity contribution in [3.05, 3.63) is 42.0 Å². The highest BCUT2D eigenvalue weighted by molar-refractivity contribution is 5.92. The summed E-state index contributed by atoms with van der Waals surface area (Å²) in [4.78, 5) is 23.1. The van der Waals surface area contributed by atoms with Crippen molar-refractivity contribution in [2.24, 2.45) is 5.41 Å². The van der Waals surface area contributed by atoms with Crippen LogP contribution in [-0.4, -0.2) is 36.2 Å². The number of carbonyl (C=O) groups is 2. The second kappa shape index (κ2) is 5.88. The summed E-state index contributed by atoms with van der Waals surface area (Å²) >= 11 is 0. The van der Waals surface area contributed by atoms with E-state index in [1.165, 1.54) is 6.08 Å². The molecule has 2 atom stereocenters. The third-order valence-corrected chi connectivity index (χ3v) is 3.49. The van der Waals surface area contributed by atoms with Crippen LogP contribution < -0.4 is 5.32 Å². The van der Waals surface area contributed by atoms with E-state index < -0.39 is 17.4 Å². The van der Waals surface area contributed by atoms with Gasteiger partial charge < -0.3 is 15.2 Å². The van der Waals surface area contributed by atoms with E-state index in [0.717, 1.165) is 5.56 Å². The Balaban J connectivity index is 1.98. The van der Waals surface area contributed by atoms with Gasteiger partial charge in [-0.15, -0.1) is 0 Å². The monoisotopic (exact) mass is 275 g/mol. The Morgan fingerprint density at radius 1 is 1.40 bits per heavy atom. The van der Waals surface area contributed by atoms with Crippen LogP contribution >= 0.6 is 0 Å². The average Bonchev–Trinajstić information content (AvgIpc) is 2.80. The van der Waals surface area contributed by atoms with Gasteiger partial charge in [-0.2, -0.15) is 0 Å². The number of benzene rings is 1. The number of carboxylic acid groups (broad SMARTS) is 1. The molecule has 0 bridgehead atoms. The molecule has 5 heteroatoms. The highest BCUT2D eigenvalue weighted by Crippen LogP contribution is 2.28. The van der Waals surface area contributed by atoms with Gasteiger partial charge in [-0.05, 0) is 18.6 Å². The lowest BCUT2D eigenvalue weighted by molar-refractivity contribution is -0.148. The van der Waals surface area contributed by atoms with Gasteiger partial charge >= 0.3 is 5.97 Å². The number of hydrogen-bond acceptors (Lipinski definition) is 3. The van der Waals surface area contributed by atoms with Crippen molar-refractivity contribution in [1.82, 2.24) is 5.32 Å². The van der Waals surface area contributed by atoms with E-state index in [2.05, 4.69) is 5.32 Å². The minimum absolute atomic E-state index is 0.107. The van der Waals surface area contributed by atoms with E-state index in [9.17, 15) is 14.7 Å². The number of ether oxygens (including phenoxy) is 1. The number of hydrogen-bond donors (Lipinski definition) is 2. The van der Waals surface area contributed by atoms with Crippen molar-refractivity contribution >= 4 is 18.0 Å². The molecule has 1 heterocycles. The summed E-state index contributed by atoms with van der Waals surface area (Å²) in [7, 11) is 0. The number of aliphatic carboxylic acids is 1. The molecule has 1 aromatic carbocycles. The first-order chi connectivity index (χ1) is 9.52. The van der Waals surface area contributed by atoms with Crippen molar-refractivity contribution in [3.63, 3.8) is 0 Å². The highest BCUT2D eigenvalue weighted by Gasteiger charge is 2.47. The van der Waals surface area contributed by atoms with Crippen LogP contribution in [0.4, 0.5) is 0 Å². The summed E-state index contributed by atoms with van der Waals surface area (Å²) < 4.78 is 5.18. The van der Waals surface area contributed by atoms with Gasteiger partial charge in [0.2, 0.25) is 5.91 Å². The summed E-state index contributed by atoms with van der Waals surface area (Å²) in [6.07, 6.45) is 3.08. The largest absolute Gasteiger partial charge is 0.481 e. The van der Waals surface area contributed by atoms with Crippen LogP contribution in [0.1, 0.15) is 12.5 Å². The number of amides is 1. The molecule has 0 spiro atoms. The number of carbonyl (C=O) groups excluding carboxylic acids is 1. The first-order valence-electron chi connectivity index (χ1n) is 6.37. The Morgan fingerprint density at radius 2 is 2.10 bits per heavy atom. The molecule has 2 rings (SSSR count). The van der Waals surface area contributed by atoms with Crippen molar-refractivity contribution in [1.29, 1.82) is 0 Å². The summed E-state index contributed by atoms with van der Waals surface area (Å²) in [6, 6.07) is 8.89. The Bertz CT molecular complexity index is 526. The van der Waals surface area contributed by atoms with Gasteiger partial charge in [0.25, 0.3) is 0 Å². The van der Waals surface area contributed by atoms with Crippen LogP contribution in [0.25, 0.3) is 6.08 Å². The van der Waals surface area contributed by atoms with E-state index in [4.69, 9.17) is 4.74 Å². The Kier molecular flexibility index (Phi) is 4.20. The lowest BCUT2D eigenvalue weighted by atomic mass is 9.85. The Labute approximate surface area is 117 Å². The predicted molar refractivity (Wildman–Crippen MR) is 74.0 cm³/mol. The normalized spacial score (nSPS) is 25.8. The zero-order valence-electron chi connectivity index (χ0n) is 11.2. The third-order valence-electron chi connectivity index (χ3n) is 3.49. The molecular formula is C15H17NO4. The lowest BCUT2D eigenvalue weighted by Gasteiger charge is -2.24. The molecule has 1 aliphatic heterocycles. The summed E-state index contributed by atoms with van der Waals surface area (Å²) in [5.41, 5.74) is -0.165. The molecule has 1 aliphatic rings. The van der Waals surface area contributed by atoms with Gasteiger partial charge in [0, 0.05) is 6.08 Å². The van der Waals surface area contributed by atoms with E-state index in [1.807, 2.05) is 30.3 Å². The van der Waals surface area contributed by atoms with Gasteiger partial charge in [0.15, 0.2) is 0 Å². The Hall–Kier alpha value is -2.14. The average molecular weight is 275 g/mol. The summed E-state index contributed by atoms with van der Waals surface area (Å²) in [6.45, 7) is 1.90. The molecule has 2 unspecified atom stereocenters. The lowest BCUT2D eigenvalue weighted by Crippen LogP contribution is -2.49. The maximum atomic E-state index is 11.8. The molecule has 0 aliphatic carbocycles. The second-order valence-electron chi connectivity index (χ2n) is 5.04. The minimum Gasteiger partial charge on any atom is -0.481 e. The van der Waals surface area contributed by atoms with Crippen LogP contribution in [-0.2, 0) is 14.3 Å². The molecule has 0 saturated carbocycles. The molecule has 0 aromatic heterocycles. The van der Waals surface area contributed by atoms with Gasteiger partial charge in [-0.3, -0.25) is 9.59 Å². The molecule has 1 amide bonds. The van der Waals surface area contributed by atoms with Crippen LogP contribution in [0.3, 0.4) is 0 Å². The standard InChI is InChI=1S/C15H17NO4/c1-15(14(18)19)10-20-9-12(15)16-13(17)8-7-11-5-3-2-4-6-11/h2-8,12H,9-10H2,1H3,(H,16,17)(H,18,19). The van der Waals surface area contributed by atoms with Gasteiger partial charge in [-0.25, -0.2) is 0 Å². The van der Waals surface area contributed by atoms with E-state index in [0.29, 0.717) is 0 Å². The maximum absolute atomic E-state index is 11.8. The molecule has 20 heavy (non-hydrogen) atoms. The second-order valence-corrected chi connectivity index (χ2v) is 5.04. The predicted octanol–water partition coefficient (Wildman–Crippen LogP) is 1.31. The van der Waals surface area contributed by atoms with Crippen molar-refractivity contribution in [2.45, 2.75) is 13.0 Å². The number of nitrogens with one attached hydrogen (secondary N) is 1. The van der Waals surface area contributed by atoms with Crippen molar-refractivity contribution < 1.29 is 19.4 Å². The molecule has 2 N–H and O–H groups in total. The first kappa shape index (κ1) is 14.3. The zero-order chi connectivity index (χ0) is 14.6. The Morgan fingerprint density at radius 3 is 2.75 bits per heavy atom. The molecule has 1 aromatic rings. The molecule has 1 saturated heterocycles. The van der Waals surface area contributed by atoms with Crippen LogP contribution in [0, 0.1) is 5.41 Å². The molecule has 106 valence electrons. The smallest absolute Gasteiger partial charge is 0.313 e. The first-order valence-corrected chi connectivity index (χ1v) is 6.37. The van der Waals surface area contributed by atoms with Gasteiger partial charge in [-0.1, -0.05) is 30.3 Å². The third kappa shape index (κ3) is 3.05. The van der Waals surface area contributed by atoms with E-state index in [1.54, 1.807) is 13.0 Å². The quantitative estimate of drug-likeness (QED) is 0.812. The summed E-state index contributed by atoms with van der Waals surface area (Å²) in [5.74, 6) is -1.29. The van der Waals surface area contributed by atoms with E-state index >= 15 is 0 Å². The highest BCUT2D eigenvalue weighted by atomic mass is 16.5. The van der Waals surface area contributed by atoms with Crippen molar-refractivity contribution in [3.8, 4) is 0 Å². The minimum atomic E-state index is -1.07. The molecule has 1 fully saturated rings. The number of rotatable bonds is 4. The molecule has 5 nitrogen and oxygen atoms in total. The SMILES string of the molecule is CC1(C(=O)O)COCC1NC(=O)C=Cc1ccccc1. The van der Waals surface area contributed by atoms with Crippen LogP contribution in [0.2, 0.25) is 0 Å². The topological polar surface area (TPSA) is 75.6 Å². The van der Waals surface area contributed by atoms with Crippen molar-refractivity contribution in [2.75, 3.05) is 13.2 Å². The van der Waals surface area contributed by atoms with E-state index in [-0.39, 0.29) is 19.1 Å². The van der Waals surface area contributed by atoms with Gasteiger partial charge in [0.1, 0.15) is 5.41 Å². The molecule has 0 radical (unpaired) electrons. The fourth-order valence-electron chi connectivity index (χ4n) is 2.04. The van der Waals surface area contributed by atoms with Gasteiger partial charge in [0.05, 0.1) is 19.3 Å². The van der Waals surface area contributed by atoms with Crippen LogP contribution in [0.5, 0.6) is 0 Å². The fourth-order valence-corrected chi connectivity index (χ4v) is 2.04. The molecular weight excluding hydrogens is 258 g/mol. The maximum Gasteiger partial charge on any atom is 0.313 e.